The Morgan fingerprint density at radius 2 is 1.90 bits per heavy atom. The predicted molar refractivity (Wildman–Crippen MR) is 79.4 cm³/mol. The lowest BCUT2D eigenvalue weighted by atomic mass is 10.2. The van der Waals surface area contributed by atoms with E-state index in [9.17, 15) is 8.42 Å². The zero-order valence-corrected chi connectivity index (χ0v) is 12.1. The van der Waals surface area contributed by atoms with Crippen molar-refractivity contribution in [3.8, 4) is 5.75 Å². The summed E-state index contributed by atoms with van der Waals surface area (Å²) >= 11 is 0. The van der Waals surface area contributed by atoms with Crippen LogP contribution in [0, 0.1) is 6.92 Å². The molecule has 0 aliphatic carbocycles. The lowest BCUT2D eigenvalue weighted by Crippen LogP contribution is -2.13. The zero-order valence-electron chi connectivity index (χ0n) is 11.3. The van der Waals surface area contributed by atoms with E-state index in [0.29, 0.717) is 17.1 Å². The number of methoxy groups -OCH3 is 1. The quantitative estimate of drug-likeness (QED) is 0.848. The molecule has 0 aliphatic rings. The Balaban J connectivity index is 2.38. The molecule has 0 aromatic heterocycles. The van der Waals surface area contributed by atoms with Crippen LogP contribution in [0.25, 0.3) is 0 Å². The highest BCUT2D eigenvalue weighted by molar-refractivity contribution is 7.92. The smallest absolute Gasteiger partial charge is 0.262 e. The van der Waals surface area contributed by atoms with Crippen LogP contribution in [0.15, 0.2) is 47.4 Å². The maximum Gasteiger partial charge on any atom is 0.262 e. The van der Waals surface area contributed by atoms with Crippen LogP contribution >= 0.6 is 0 Å². The molecule has 0 amide bonds. The highest BCUT2D eigenvalue weighted by Gasteiger charge is 2.16. The summed E-state index contributed by atoms with van der Waals surface area (Å²) in [6.07, 6.45) is 0. The van der Waals surface area contributed by atoms with Gasteiger partial charge in [-0.05, 0) is 36.8 Å². The predicted octanol–water partition coefficient (Wildman–Crippen LogP) is 2.39. The first-order valence-electron chi connectivity index (χ1n) is 5.95. The van der Waals surface area contributed by atoms with Gasteiger partial charge in [0.1, 0.15) is 5.75 Å². The Morgan fingerprint density at radius 1 is 1.15 bits per heavy atom. The maximum absolute atomic E-state index is 12.3. The fraction of sp³-hybridized carbons (Fsp3) is 0.143. The molecule has 0 atom stereocenters. The van der Waals surface area contributed by atoms with Crippen LogP contribution in [-0.2, 0) is 10.0 Å². The van der Waals surface area contributed by atoms with Crippen molar-refractivity contribution in [1.29, 1.82) is 0 Å². The van der Waals surface area contributed by atoms with Gasteiger partial charge in [0, 0.05) is 11.8 Å². The fourth-order valence-electron chi connectivity index (χ4n) is 1.78. The first-order valence-corrected chi connectivity index (χ1v) is 7.44. The Kier molecular flexibility index (Phi) is 3.85. The van der Waals surface area contributed by atoms with Gasteiger partial charge in [0.25, 0.3) is 10.0 Å². The number of hydrogen-bond acceptors (Lipinski definition) is 4. The van der Waals surface area contributed by atoms with Crippen molar-refractivity contribution >= 4 is 21.4 Å². The highest BCUT2D eigenvalue weighted by atomic mass is 32.2. The summed E-state index contributed by atoms with van der Waals surface area (Å²) in [6, 6.07) is 11.4. The standard InChI is InChI=1S/C14H16N2O3S/c1-10-4-3-5-12(8-10)20(17,18)16-13-7-6-11(15)9-14(13)19-2/h3-9,16H,15H2,1-2H3. The second-order valence-corrected chi connectivity index (χ2v) is 6.06. The van der Waals surface area contributed by atoms with Gasteiger partial charge in [-0.2, -0.15) is 0 Å². The number of rotatable bonds is 4. The topological polar surface area (TPSA) is 81.4 Å². The third-order valence-corrected chi connectivity index (χ3v) is 4.13. The van der Waals surface area contributed by atoms with Crippen molar-refractivity contribution in [3.05, 3.63) is 48.0 Å². The van der Waals surface area contributed by atoms with E-state index < -0.39 is 10.0 Å². The van der Waals surface area contributed by atoms with Crippen molar-refractivity contribution in [3.63, 3.8) is 0 Å². The number of hydrogen-bond donors (Lipinski definition) is 2. The van der Waals surface area contributed by atoms with E-state index in [-0.39, 0.29) is 4.90 Å². The van der Waals surface area contributed by atoms with Crippen molar-refractivity contribution in [2.24, 2.45) is 0 Å². The van der Waals surface area contributed by atoms with Gasteiger partial charge in [-0.1, -0.05) is 12.1 Å². The van der Waals surface area contributed by atoms with Crippen molar-refractivity contribution in [2.75, 3.05) is 17.6 Å². The van der Waals surface area contributed by atoms with E-state index in [1.54, 1.807) is 36.4 Å². The van der Waals surface area contributed by atoms with Crippen LogP contribution in [0.5, 0.6) is 5.75 Å². The summed E-state index contributed by atoms with van der Waals surface area (Å²) in [6.45, 7) is 1.84. The van der Waals surface area contributed by atoms with Crippen LogP contribution in [0.2, 0.25) is 0 Å². The molecular weight excluding hydrogens is 276 g/mol. The average molecular weight is 292 g/mol. The number of nitrogen functional groups attached to an aromatic ring is 1. The molecule has 2 aromatic carbocycles. The van der Waals surface area contributed by atoms with Crippen LogP contribution in [0.3, 0.4) is 0 Å². The number of nitrogens with one attached hydrogen (secondary N) is 1. The number of sulfonamides is 1. The largest absolute Gasteiger partial charge is 0.494 e. The van der Waals surface area contributed by atoms with E-state index in [1.165, 1.54) is 7.11 Å². The molecule has 0 saturated carbocycles. The molecule has 0 aliphatic heterocycles. The molecule has 0 spiro atoms. The lowest BCUT2D eigenvalue weighted by Gasteiger charge is -2.12. The molecule has 0 bridgehead atoms. The second kappa shape index (κ2) is 5.42. The summed E-state index contributed by atoms with van der Waals surface area (Å²) < 4.78 is 32.2. The SMILES string of the molecule is COc1cc(N)ccc1NS(=O)(=O)c1cccc(C)c1. The van der Waals surface area contributed by atoms with Gasteiger partial charge in [-0.15, -0.1) is 0 Å². The Hall–Kier alpha value is -2.21. The van der Waals surface area contributed by atoms with Crippen molar-refractivity contribution in [1.82, 2.24) is 0 Å². The summed E-state index contributed by atoms with van der Waals surface area (Å²) in [5.41, 5.74) is 7.36. The summed E-state index contributed by atoms with van der Waals surface area (Å²) in [5, 5.41) is 0. The monoisotopic (exact) mass is 292 g/mol. The molecule has 0 unspecified atom stereocenters. The Bertz CT molecular complexity index is 727. The van der Waals surface area contributed by atoms with Crippen LogP contribution in [0.4, 0.5) is 11.4 Å². The minimum absolute atomic E-state index is 0.205. The van der Waals surface area contributed by atoms with Gasteiger partial charge in [0.2, 0.25) is 0 Å². The number of anilines is 2. The van der Waals surface area contributed by atoms with Gasteiger partial charge in [-0.3, -0.25) is 4.72 Å². The zero-order chi connectivity index (χ0) is 14.8. The minimum atomic E-state index is -3.65. The summed E-state index contributed by atoms with van der Waals surface area (Å²) in [7, 11) is -2.19. The summed E-state index contributed by atoms with van der Waals surface area (Å²) in [4.78, 5) is 0.205. The minimum Gasteiger partial charge on any atom is -0.494 e. The number of ether oxygens (including phenoxy) is 1. The second-order valence-electron chi connectivity index (χ2n) is 4.38. The maximum atomic E-state index is 12.3. The summed E-state index contributed by atoms with van der Waals surface area (Å²) in [5.74, 6) is 0.376. The number of benzene rings is 2. The first-order chi connectivity index (χ1) is 9.42. The molecule has 3 N–H and O–H groups in total. The van der Waals surface area contributed by atoms with Gasteiger partial charge < -0.3 is 10.5 Å². The normalized spacial score (nSPS) is 11.1. The van der Waals surface area contributed by atoms with Gasteiger partial charge in [0.15, 0.2) is 0 Å². The molecule has 0 saturated heterocycles. The molecule has 106 valence electrons. The molecule has 5 nitrogen and oxygen atoms in total. The third-order valence-electron chi connectivity index (χ3n) is 2.77. The molecule has 0 radical (unpaired) electrons. The van der Waals surface area contributed by atoms with Crippen LogP contribution < -0.4 is 15.2 Å². The van der Waals surface area contributed by atoms with Crippen LogP contribution in [-0.4, -0.2) is 15.5 Å². The average Bonchev–Trinajstić information content (AvgIpc) is 2.40. The molecule has 2 aromatic rings. The molecule has 6 heteroatoms. The van der Waals surface area contributed by atoms with Crippen molar-refractivity contribution in [2.45, 2.75) is 11.8 Å². The molecule has 20 heavy (non-hydrogen) atoms. The highest BCUT2D eigenvalue weighted by Crippen LogP contribution is 2.28. The van der Waals surface area contributed by atoms with E-state index in [2.05, 4.69) is 4.72 Å². The van der Waals surface area contributed by atoms with Crippen molar-refractivity contribution < 1.29 is 13.2 Å². The molecule has 0 heterocycles. The number of nitrogens with two attached hydrogens (primary N) is 1. The lowest BCUT2D eigenvalue weighted by molar-refractivity contribution is 0.417. The number of aryl methyl sites for hydroxylation is 1. The Labute approximate surface area is 118 Å². The van der Waals surface area contributed by atoms with Gasteiger partial charge in [0.05, 0.1) is 17.7 Å². The van der Waals surface area contributed by atoms with E-state index in [4.69, 9.17) is 10.5 Å². The third kappa shape index (κ3) is 3.03. The molecule has 0 fully saturated rings. The van der Waals surface area contributed by atoms with Gasteiger partial charge in [-0.25, -0.2) is 8.42 Å². The first kappa shape index (κ1) is 14.2. The Morgan fingerprint density at radius 3 is 2.55 bits per heavy atom. The van der Waals surface area contributed by atoms with Crippen LogP contribution in [0.1, 0.15) is 5.56 Å². The molecule has 2 rings (SSSR count). The van der Waals surface area contributed by atoms with E-state index >= 15 is 0 Å². The van der Waals surface area contributed by atoms with Gasteiger partial charge >= 0.3 is 0 Å². The van der Waals surface area contributed by atoms with E-state index in [1.807, 2.05) is 13.0 Å². The molecular formula is C14H16N2O3S. The fourth-order valence-corrected chi connectivity index (χ4v) is 2.95. The van der Waals surface area contributed by atoms with E-state index in [0.717, 1.165) is 5.56 Å².